The van der Waals surface area contributed by atoms with Crippen LogP contribution < -0.4 is 10.2 Å². The fourth-order valence-electron chi connectivity index (χ4n) is 2.10. The molecule has 0 aromatic heterocycles. The summed E-state index contributed by atoms with van der Waals surface area (Å²) in [5, 5.41) is 15.1. The van der Waals surface area contributed by atoms with Crippen molar-refractivity contribution in [2.75, 3.05) is 7.11 Å². The molecule has 1 amide bonds. The van der Waals surface area contributed by atoms with E-state index in [1.165, 1.54) is 19.2 Å². The number of ether oxygens (including phenoxy) is 1. The molecule has 0 heterocycles. The lowest BCUT2D eigenvalue weighted by Crippen LogP contribution is -2.21. The van der Waals surface area contributed by atoms with Crippen LogP contribution in [0.3, 0.4) is 0 Å². The lowest BCUT2D eigenvalue weighted by atomic mass is 10.1. The number of carbonyl (C=O) groups excluding carboxylic acids is 1. The van der Waals surface area contributed by atoms with Crippen LogP contribution in [-0.2, 0) is 11.2 Å². The van der Waals surface area contributed by atoms with Gasteiger partial charge in [0.15, 0.2) is 5.75 Å². The van der Waals surface area contributed by atoms with Crippen molar-refractivity contribution in [3.8, 4) is 5.75 Å². The third-order valence-corrected chi connectivity index (χ3v) is 3.95. The van der Waals surface area contributed by atoms with E-state index >= 15 is 0 Å². The van der Waals surface area contributed by atoms with E-state index in [2.05, 4.69) is 26.5 Å². The number of amides is 1. The zero-order chi connectivity index (χ0) is 18.4. The molecule has 0 spiro atoms. The van der Waals surface area contributed by atoms with Gasteiger partial charge < -0.3 is 4.74 Å². The minimum absolute atomic E-state index is 0.157. The molecule has 130 valence electrons. The molecule has 0 atom stereocenters. The zero-order valence-corrected chi connectivity index (χ0v) is 15.2. The number of rotatable bonds is 6. The Kier molecular flexibility index (Phi) is 6.24. The molecule has 2 aromatic carbocycles. The Morgan fingerprint density at radius 2 is 1.96 bits per heavy atom. The number of carbonyl (C=O) groups is 1. The number of hydrogen-bond donors (Lipinski definition) is 1. The second kappa shape index (κ2) is 8.39. The van der Waals surface area contributed by atoms with Gasteiger partial charge in [-0.2, -0.15) is 5.10 Å². The van der Waals surface area contributed by atoms with Crippen LogP contribution in [0, 0.1) is 10.1 Å². The van der Waals surface area contributed by atoms with Gasteiger partial charge in [-0.05, 0) is 36.8 Å². The molecule has 0 unspecified atom stereocenters. The first-order valence-electron chi connectivity index (χ1n) is 7.31. The number of hydrogen-bond acceptors (Lipinski definition) is 5. The molecule has 7 nitrogen and oxygen atoms in total. The number of nitrogens with zero attached hydrogens (tertiary/aromatic N) is 2. The average Bonchev–Trinajstić information content (AvgIpc) is 2.61. The van der Waals surface area contributed by atoms with Gasteiger partial charge in [0.25, 0.3) is 0 Å². The summed E-state index contributed by atoms with van der Waals surface area (Å²) >= 11 is 3.33. The molecule has 0 aliphatic carbocycles. The molecule has 25 heavy (non-hydrogen) atoms. The van der Waals surface area contributed by atoms with Crippen LogP contribution >= 0.6 is 15.9 Å². The third-order valence-electron chi connectivity index (χ3n) is 3.42. The monoisotopic (exact) mass is 405 g/mol. The number of nitrogens with one attached hydrogen (secondary N) is 1. The van der Waals surface area contributed by atoms with Crippen molar-refractivity contribution in [3.05, 3.63) is 68.2 Å². The van der Waals surface area contributed by atoms with Crippen molar-refractivity contribution in [2.45, 2.75) is 13.3 Å². The molecule has 0 aliphatic rings. The maximum absolute atomic E-state index is 12.0. The van der Waals surface area contributed by atoms with Crippen LogP contribution in [0.2, 0.25) is 0 Å². The first kappa shape index (κ1) is 18.6. The van der Waals surface area contributed by atoms with Gasteiger partial charge in [0.05, 0.1) is 24.2 Å². The van der Waals surface area contributed by atoms with E-state index < -0.39 is 4.92 Å². The number of hydrazone groups is 1. The smallest absolute Gasteiger partial charge is 0.311 e. The Hall–Kier alpha value is -2.74. The van der Waals surface area contributed by atoms with E-state index in [9.17, 15) is 14.9 Å². The van der Waals surface area contributed by atoms with E-state index in [4.69, 9.17) is 4.74 Å². The van der Waals surface area contributed by atoms with Crippen molar-refractivity contribution in [1.29, 1.82) is 0 Å². The van der Waals surface area contributed by atoms with Crippen LogP contribution in [0.1, 0.15) is 18.1 Å². The van der Waals surface area contributed by atoms with Gasteiger partial charge in [-0.25, -0.2) is 5.43 Å². The molecular weight excluding hydrogens is 390 g/mol. The summed E-state index contributed by atoms with van der Waals surface area (Å²) < 4.78 is 5.90. The van der Waals surface area contributed by atoms with Crippen LogP contribution in [-0.4, -0.2) is 23.7 Å². The highest BCUT2D eigenvalue weighted by Crippen LogP contribution is 2.27. The van der Waals surface area contributed by atoms with E-state index in [0.29, 0.717) is 11.3 Å². The van der Waals surface area contributed by atoms with Gasteiger partial charge in [-0.3, -0.25) is 14.9 Å². The predicted molar refractivity (Wildman–Crippen MR) is 97.8 cm³/mol. The topological polar surface area (TPSA) is 93.8 Å². The largest absolute Gasteiger partial charge is 0.490 e. The third kappa shape index (κ3) is 5.12. The molecule has 2 aromatic rings. The maximum Gasteiger partial charge on any atom is 0.311 e. The summed E-state index contributed by atoms with van der Waals surface area (Å²) in [6.45, 7) is 1.66. The molecule has 0 saturated heterocycles. The van der Waals surface area contributed by atoms with Gasteiger partial charge in [-0.1, -0.05) is 28.1 Å². The van der Waals surface area contributed by atoms with Crippen LogP contribution in [0.15, 0.2) is 52.0 Å². The highest BCUT2D eigenvalue weighted by atomic mass is 79.9. The maximum atomic E-state index is 12.0. The van der Waals surface area contributed by atoms with Gasteiger partial charge >= 0.3 is 5.69 Å². The second-order valence-corrected chi connectivity index (χ2v) is 6.09. The summed E-state index contributed by atoms with van der Waals surface area (Å²) in [7, 11) is 1.37. The Morgan fingerprint density at radius 1 is 1.28 bits per heavy atom. The van der Waals surface area contributed by atoms with Crippen LogP contribution in [0.25, 0.3) is 0 Å². The Morgan fingerprint density at radius 3 is 2.56 bits per heavy atom. The normalized spacial score (nSPS) is 11.1. The van der Waals surface area contributed by atoms with Crippen molar-refractivity contribution in [2.24, 2.45) is 5.10 Å². The van der Waals surface area contributed by atoms with Crippen molar-refractivity contribution in [3.63, 3.8) is 0 Å². The van der Waals surface area contributed by atoms with Gasteiger partial charge in [-0.15, -0.1) is 0 Å². The number of halogens is 1. The number of benzene rings is 2. The highest BCUT2D eigenvalue weighted by Gasteiger charge is 2.16. The molecule has 2 rings (SSSR count). The highest BCUT2D eigenvalue weighted by molar-refractivity contribution is 9.10. The SMILES string of the molecule is COc1ccc(C(C)=NNC(=O)Cc2ccc(Br)cc2)cc1[N+](=O)[O-]. The summed E-state index contributed by atoms with van der Waals surface area (Å²) in [4.78, 5) is 22.5. The zero-order valence-electron chi connectivity index (χ0n) is 13.7. The fourth-order valence-corrected chi connectivity index (χ4v) is 2.36. The Bertz CT molecular complexity index is 819. The molecule has 1 N–H and O–H groups in total. The molecule has 8 heteroatoms. The quantitative estimate of drug-likeness (QED) is 0.452. The average molecular weight is 406 g/mol. The van der Waals surface area contributed by atoms with Crippen molar-refractivity contribution >= 4 is 33.2 Å². The lowest BCUT2D eigenvalue weighted by molar-refractivity contribution is -0.385. The van der Waals surface area contributed by atoms with E-state index in [-0.39, 0.29) is 23.8 Å². The first-order valence-corrected chi connectivity index (χ1v) is 8.10. The number of nitro benzene ring substituents is 1. The molecule has 0 aliphatic heterocycles. The predicted octanol–water partition coefficient (Wildman–Crippen LogP) is 3.45. The van der Waals surface area contributed by atoms with E-state index in [0.717, 1.165) is 10.0 Å². The van der Waals surface area contributed by atoms with Crippen molar-refractivity contribution in [1.82, 2.24) is 5.43 Å². The second-order valence-electron chi connectivity index (χ2n) is 5.18. The summed E-state index contributed by atoms with van der Waals surface area (Å²) in [5.74, 6) is -0.106. The summed E-state index contributed by atoms with van der Waals surface area (Å²) in [5.41, 5.74) is 4.13. The minimum Gasteiger partial charge on any atom is -0.490 e. The van der Waals surface area contributed by atoms with Gasteiger partial charge in [0, 0.05) is 16.1 Å². The summed E-state index contributed by atoms with van der Waals surface area (Å²) in [6, 6.07) is 11.9. The Labute approximate surface area is 153 Å². The van der Waals surface area contributed by atoms with Crippen LogP contribution in [0.5, 0.6) is 5.75 Å². The molecule has 0 fully saturated rings. The van der Waals surface area contributed by atoms with Crippen LogP contribution in [0.4, 0.5) is 5.69 Å². The number of methoxy groups -OCH3 is 1. The lowest BCUT2D eigenvalue weighted by Gasteiger charge is -2.06. The fraction of sp³-hybridized carbons (Fsp3) is 0.176. The molecule has 0 bridgehead atoms. The van der Waals surface area contributed by atoms with Gasteiger partial charge in [0.1, 0.15) is 0 Å². The first-order chi connectivity index (χ1) is 11.9. The molecular formula is C17H16BrN3O4. The Balaban J connectivity index is 2.08. The van der Waals surface area contributed by atoms with Crippen molar-refractivity contribution < 1.29 is 14.5 Å². The van der Waals surface area contributed by atoms with E-state index in [1.807, 2.05) is 24.3 Å². The summed E-state index contributed by atoms with van der Waals surface area (Å²) in [6.07, 6.45) is 0.187. The standard InChI is InChI=1S/C17H16BrN3O4/c1-11(13-5-8-16(25-2)15(10-13)21(23)24)19-20-17(22)9-12-3-6-14(18)7-4-12/h3-8,10H,9H2,1-2H3,(H,20,22). The number of nitro groups is 1. The van der Waals surface area contributed by atoms with E-state index in [1.54, 1.807) is 13.0 Å². The van der Waals surface area contributed by atoms with Gasteiger partial charge in [0.2, 0.25) is 5.91 Å². The molecule has 0 radical (unpaired) electrons. The minimum atomic E-state index is -0.526. The molecule has 0 saturated carbocycles.